The molecule has 0 bridgehead atoms. The number of nitrogens with zero attached hydrogens (tertiary/aromatic N) is 2. The largest absolute Gasteiger partial charge is 0.495 e. The molecule has 0 amide bonds. The molecule has 0 atom stereocenters. The van der Waals surface area contributed by atoms with Gasteiger partial charge in [-0.15, -0.1) is 4.40 Å². The zero-order valence-electron chi connectivity index (χ0n) is 15.5. The van der Waals surface area contributed by atoms with Gasteiger partial charge in [-0.25, -0.2) is 4.39 Å². The second kappa shape index (κ2) is 8.29. The molecule has 0 unspecified atom stereocenters. The Bertz CT molecular complexity index is 1150. The van der Waals surface area contributed by atoms with Crippen molar-refractivity contribution in [2.45, 2.75) is 11.4 Å². The second-order valence-electron chi connectivity index (χ2n) is 5.70. The standard InChI is InChI=1S/C18H19FN2O5S2/c1-24-11-10-21-16-14(25-2)8-9-15(26-3)17(16)27-18(21)20-28(22,23)13-6-4-12(19)5-7-13/h4-9H,10-11H2,1-3H3/b20-18-. The molecule has 0 aliphatic heterocycles. The van der Waals surface area contributed by atoms with Gasteiger partial charge in [0.25, 0.3) is 10.0 Å². The molecule has 3 rings (SSSR count). The van der Waals surface area contributed by atoms with Crippen LogP contribution in [0.5, 0.6) is 11.5 Å². The third-order valence-electron chi connectivity index (χ3n) is 4.02. The summed E-state index contributed by atoms with van der Waals surface area (Å²) in [6, 6.07) is 8.02. The molecular weight excluding hydrogens is 407 g/mol. The zero-order chi connectivity index (χ0) is 20.3. The van der Waals surface area contributed by atoms with Crippen molar-refractivity contribution in [3.63, 3.8) is 0 Å². The van der Waals surface area contributed by atoms with Crippen molar-refractivity contribution in [2.75, 3.05) is 27.9 Å². The molecule has 0 fully saturated rings. The van der Waals surface area contributed by atoms with E-state index in [0.717, 1.165) is 23.5 Å². The van der Waals surface area contributed by atoms with Crippen LogP contribution in [0.4, 0.5) is 4.39 Å². The highest BCUT2D eigenvalue weighted by Crippen LogP contribution is 2.35. The van der Waals surface area contributed by atoms with E-state index in [1.165, 1.54) is 26.4 Å². The fourth-order valence-electron chi connectivity index (χ4n) is 2.68. The van der Waals surface area contributed by atoms with Crippen LogP contribution in [0.15, 0.2) is 45.7 Å². The van der Waals surface area contributed by atoms with E-state index < -0.39 is 15.8 Å². The van der Waals surface area contributed by atoms with E-state index >= 15 is 0 Å². The lowest BCUT2D eigenvalue weighted by atomic mass is 10.3. The fourth-order valence-corrected chi connectivity index (χ4v) is 5.04. The summed E-state index contributed by atoms with van der Waals surface area (Å²) >= 11 is 1.16. The molecule has 0 saturated heterocycles. The van der Waals surface area contributed by atoms with Gasteiger partial charge in [0, 0.05) is 13.7 Å². The van der Waals surface area contributed by atoms with E-state index in [0.29, 0.717) is 34.9 Å². The number of sulfonamides is 1. The highest BCUT2D eigenvalue weighted by molar-refractivity contribution is 7.90. The van der Waals surface area contributed by atoms with Gasteiger partial charge in [0.15, 0.2) is 0 Å². The van der Waals surface area contributed by atoms with Crippen molar-refractivity contribution in [1.82, 2.24) is 4.57 Å². The smallest absolute Gasteiger partial charge is 0.285 e. The van der Waals surface area contributed by atoms with Crippen LogP contribution in [0.1, 0.15) is 0 Å². The summed E-state index contributed by atoms with van der Waals surface area (Å²) in [5.74, 6) is 0.613. The van der Waals surface area contributed by atoms with Gasteiger partial charge in [0.05, 0.1) is 25.7 Å². The maximum atomic E-state index is 13.1. The normalized spacial score (nSPS) is 12.5. The molecule has 1 aromatic heterocycles. The van der Waals surface area contributed by atoms with E-state index in [4.69, 9.17) is 14.2 Å². The maximum Gasteiger partial charge on any atom is 0.285 e. The molecule has 0 N–H and O–H groups in total. The van der Waals surface area contributed by atoms with Gasteiger partial charge in [0.1, 0.15) is 27.5 Å². The molecule has 3 aromatic rings. The highest BCUT2D eigenvalue weighted by Gasteiger charge is 2.19. The summed E-state index contributed by atoms with van der Waals surface area (Å²) in [5.41, 5.74) is 0.664. The Kier molecular flexibility index (Phi) is 6.01. The quantitative estimate of drug-likeness (QED) is 0.581. The Balaban J connectivity index is 2.30. The molecule has 28 heavy (non-hydrogen) atoms. The molecule has 0 aliphatic carbocycles. The number of hydrogen-bond acceptors (Lipinski definition) is 6. The number of aromatic nitrogens is 1. The number of rotatable bonds is 7. The number of benzene rings is 2. The van der Waals surface area contributed by atoms with Gasteiger partial charge >= 0.3 is 0 Å². The van der Waals surface area contributed by atoms with E-state index in [9.17, 15) is 12.8 Å². The topological polar surface area (TPSA) is 79.1 Å². The molecule has 1 heterocycles. The minimum Gasteiger partial charge on any atom is -0.495 e. The van der Waals surface area contributed by atoms with Crippen molar-refractivity contribution < 1.29 is 27.0 Å². The minimum absolute atomic E-state index is 0.0939. The summed E-state index contributed by atoms with van der Waals surface area (Å²) in [6.45, 7) is 0.702. The lowest BCUT2D eigenvalue weighted by Crippen LogP contribution is -2.19. The monoisotopic (exact) mass is 426 g/mol. The number of halogens is 1. The minimum atomic E-state index is -4.04. The number of hydrogen-bond donors (Lipinski definition) is 0. The molecule has 0 spiro atoms. The Hall–Kier alpha value is -2.43. The van der Waals surface area contributed by atoms with Crippen molar-refractivity contribution in [3.8, 4) is 11.5 Å². The van der Waals surface area contributed by atoms with Gasteiger partial charge in [-0.1, -0.05) is 11.3 Å². The van der Waals surface area contributed by atoms with Crippen LogP contribution in [-0.4, -0.2) is 40.9 Å². The first-order valence-electron chi connectivity index (χ1n) is 8.21. The molecule has 0 aliphatic rings. The summed E-state index contributed by atoms with van der Waals surface area (Å²) < 4.78 is 61.0. The molecule has 7 nitrogen and oxygen atoms in total. The number of ether oxygens (including phenoxy) is 3. The summed E-state index contributed by atoms with van der Waals surface area (Å²) in [5, 5.41) is 0. The van der Waals surface area contributed by atoms with Gasteiger partial charge in [0.2, 0.25) is 4.80 Å². The zero-order valence-corrected chi connectivity index (χ0v) is 17.1. The van der Waals surface area contributed by atoms with Crippen LogP contribution in [0.3, 0.4) is 0 Å². The molecular formula is C18H19FN2O5S2. The van der Waals surface area contributed by atoms with Crippen molar-refractivity contribution in [1.29, 1.82) is 0 Å². The van der Waals surface area contributed by atoms with Gasteiger partial charge in [-0.05, 0) is 36.4 Å². The fraction of sp³-hybridized carbons (Fsp3) is 0.278. The lowest BCUT2D eigenvalue weighted by Gasteiger charge is -2.09. The lowest BCUT2D eigenvalue weighted by molar-refractivity contribution is 0.187. The Morgan fingerprint density at radius 3 is 2.29 bits per heavy atom. The summed E-state index contributed by atoms with van der Waals surface area (Å²) in [7, 11) is 0.583. The number of methoxy groups -OCH3 is 3. The van der Waals surface area contributed by atoms with Crippen LogP contribution in [-0.2, 0) is 21.3 Å². The molecule has 10 heteroatoms. The molecule has 2 aromatic carbocycles. The van der Waals surface area contributed by atoms with Gasteiger partial charge in [-0.2, -0.15) is 8.42 Å². The summed E-state index contributed by atoms with van der Waals surface area (Å²) in [6.07, 6.45) is 0. The first-order valence-corrected chi connectivity index (χ1v) is 10.5. The average Bonchev–Trinajstić information content (AvgIpc) is 3.03. The van der Waals surface area contributed by atoms with Crippen molar-refractivity contribution >= 4 is 31.6 Å². The van der Waals surface area contributed by atoms with Crippen LogP contribution in [0.2, 0.25) is 0 Å². The van der Waals surface area contributed by atoms with E-state index in [-0.39, 0.29) is 9.70 Å². The molecule has 0 saturated carbocycles. The predicted molar refractivity (Wildman–Crippen MR) is 104 cm³/mol. The van der Waals surface area contributed by atoms with E-state index in [2.05, 4.69) is 4.40 Å². The number of thiazole rings is 1. The Morgan fingerprint density at radius 2 is 1.68 bits per heavy atom. The van der Waals surface area contributed by atoms with E-state index in [1.54, 1.807) is 23.8 Å². The first kappa shape index (κ1) is 20.3. The third kappa shape index (κ3) is 3.89. The van der Waals surface area contributed by atoms with Crippen molar-refractivity contribution in [3.05, 3.63) is 47.0 Å². The van der Waals surface area contributed by atoms with Crippen LogP contribution >= 0.6 is 11.3 Å². The highest BCUT2D eigenvalue weighted by atomic mass is 32.2. The van der Waals surface area contributed by atoms with Gasteiger partial charge in [-0.3, -0.25) is 0 Å². The Morgan fingerprint density at radius 1 is 1.04 bits per heavy atom. The number of fused-ring (bicyclic) bond motifs is 1. The first-order chi connectivity index (χ1) is 13.4. The van der Waals surface area contributed by atoms with Gasteiger partial charge < -0.3 is 18.8 Å². The SMILES string of the molecule is COCCn1/c(=N/S(=O)(=O)c2ccc(F)cc2)sc2c(OC)ccc(OC)c21. The van der Waals surface area contributed by atoms with Crippen LogP contribution in [0, 0.1) is 5.82 Å². The third-order valence-corrected chi connectivity index (χ3v) is 6.51. The molecule has 0 radical (unpaired) electrons. The predicted octanol–water partition coefficient (Wildman–Crippen LogP) is 2.80. The van der Waals surface area contributed by atoms with Crippen LogP contribution < -0.4 is 14.3 Å². The van der Waals surface area contributed by atoms with E-state index in [1.807, 2.05) is 0 Å². The summed E-state index contributed by atoms with van der Waals surface area (Å²) in [4.78, 5) is 0.141. The average molecular weight is 426 g/mol. The maximum absolute atomic E-state index is 13.1. The molecule has 150 valence electrons. The second-order valence-corrected chi connectivity index (χ2v) is 8.28. The Labute approximate surface area is 165 Å². The van der Waals surface area contributed by atoms with Crippen LogP contribution in [0.25, 0.3) is 10.2 Å². The van der Waals surface area contributed by atoms with Crippen molar-refractivity contribution in [2.24, 2.45) is 4.40 Å².